The highest BCUT2D eigenvalue weighted by atomic mass is 19.1. The first kappa shape index (κ1) is 21.4. The van der Waals surface area contributed by atoms with Crippen molar-refractivity contribution >= 4 is 17.5 Å². The van der Waals surface area contributed by atoms with E-state index in [4.69, 9.17) is 4.74 Å². The van der Waals surface area contributed by atoms with Crippen LogP contribution in [0, 0.1) is 11.7 Å². The molecule has 32 heavy (non-hydrogen) atoms. The summed E-state index contributed by atoms with van der Waals surface area (Å²) in [5.74, 6) is 0.0386. The van der Waals surface area contributed by atoms with Crippen molar-refractivity contribution in [1.82, 2.24) is 25.3 Å². The highest BCUT2D eigenvalue weighted by Gasteiger charge is 2.30. The normalized spacial score (nSPS) is 17.7. The number of ether oxygens (including phenoxy) is 1. The van der Waals surface area contributed by atoms with Gasteiger partial charge in [-0.2, -0.15) is 10.2 Å². The van der Waals surface area contributed by atoms with Crippen LogP contribution in [0.5, 0.6) is 5.75 Å². The summed E-state index contributed by atoms with van der Waals surface area (Å²) >= 11 is 0. The molecule has 3 aromatic rings. The number of hydrogen-bond acceptors (Lipinski definition) is 6. The Morgan fingerprint density at radius 2 is 1.94 bits per heavy atom. The minimum Gasteiger partial charge on any atom is -0.493 e. The lowest BCUT2D eigenvalue weighted by Gasteiger charge is -2.22. The van der Waals surface area contributed by atoms with Crippen LogP contribution in [0.4, 0.5) is 10.1 Å². The van der Waals surface area contributed by atoms with Crippen molar-refractivity contribution in [3.63, 3.8) is 0 Å². The summed E-state index contributed by atoms with van der Waals surface area (Å²) in [6.45, 7) is 1.79. The molecule has 2 amide bonds. The summed E-state index contributed by atoms with van der Waals surface area (Å²) in [6, 6.07) is 7.33. The Morgan fingerprint density at radius 3 is 2.66 bits per heavy atom. The second kappa shape index (κ2) is 9.54. The number of carbonyl (C=O) groups excluding carboxylic acids is 2. The fraction of sp³-hybridized carbons (Fsp3) is 0.318. The Hall–Kier alpha value is -3.82. The van der Waals surface area contributed by atoms with Crippen molar-refractivity contribution in [2.75, 3.05) is 11.9 Å². The van der Waals surface area contributed by atoms with Gasteiger partial charge in [0.15, 0.2) is 5.82 Å². The molecule has 166 valence electrons. The molecule has 1 aliphatic carbocycles. The third-order valence-electron chi connectivity index (χ3n) is 5.29. The SMILES string of the molecule is CC(=O)Nc1cnc(-n2nccn2)c(C(=O)N[C@H]2CCC[C@@H]2COc2ccc(F)cc2)c1. The Kier molecular flexibility index (Phi) is 6.39. The van der Waals surface area contributed by atoms with Crippen molar-refractivity contribution in [2.24, 2.45) is 5.92 Å². The molecule has 1 fully saturated rings. The molecule has 0 aliphatic heterocycles. The molecule has 0 saturated heterocycles. The van der Waals surface area contributed by atoms with Gasteiger partial charge in [0.25, 0.3) is 5.91 Å². The summed E-state index contributed by atoms with van der Waals surface area (Å²) < 4.78 is 18.9. The van der Waals surface area contributed by atoms with Crippen molar-refractivity contribution in [3.05, 3.63) is 60.3 Å². The molecule has 0 bridgehead atoms. The topological polar surface area (TPSA) is 111 Å². The van der Waals surface area contributed by atoms with E-state index in [0.29, 0.717) is 18.0 Å². The maximum atomic E-state index is 13.2. The molecule has 4 rings (SSSR count). The van der Waals surface area contributed by atoms with Crippen LogP contribution in [0.15, 0.2) is 48.9 Å². The Morgan fingerprint density at radius 1 is 1.19 bits per heavy atom. The van der Waals surface area contributed by atoms with Gasteiger partial charge in [-0.05, 0) is 43.2 Å². The number of aromatic nitrogens is 4. The molecule has 1 aliphatic rings. The average Bonchev–Trinajstić information content (AvgIpc) is 3.45. The monoisotopic (exact) mass is 438 g/mol. The Balaban J connectivity index is 1.49. The zero-order chi connectivity index (χ0) is 22.5. The predicted octanol–water partition coefficient (Wildman–Crippen LogP) is 2.74. The number of rotatable bonds is 7. The first-order valence-electron chi connectivity index (χ1n) is 10.3. The van der Waals surface area contributed by atoms with Crippen LogP contribution in [-0.2, 0) is 4.79 Å². The molecule has 1 saturated carbocycles. The van der Waals surface area contributed by atoms with Crippen LogP contribution in [-0.4, -0.2) is 44.4 Å². The second-order valence-electron chi connectivity index (χ2n) is 7.63. The van der Waals surface area contributed by atoms with Gasteiger partial charge < -0.3 is 15.4 Å². The van der Waals surface area contributed by atoms with Crippen molar-refractivity contribution in [1.29, 1.82) is 0 Å². The minimum absolute atomic E-state index is 0.0919. The Labute approximate surface area is 184 Å². The van der Waals surface area contributed by atoms with E-state index in [1.807, 2.05) is 0 Å². The van der Waals surface area contributed by atoms with E-state index in [0.717, 1.165) is 19.3 Å². The molecule has 0 unspecified atom stereocenters. The molecule has 9 nitrogen and oxygen atoms in total. The molecule has 0 spiro atoms. The number of anilines is 1. The van der Waals surface area contributed by atoms with Crippen LogP contribution >= 0.6 is 0 Å². The molecular weight excluding hydrogens is 415 g/mol. The predicted molar refractivity (Wildman–Crippen MR) is 114 cm³/mol. The van der Waals surface area contributed by atoms with E-state index < -0.39 is 0 Å². The lowest BCUT2D eigenvalue weighted by atomic mass is 10.0. The fourth-order valence-corrected chi connectivity index (χ4v) is 3.79. The number of nitrogens with one attached hydrogen (secondary N) is 2. The second-order valence-corrected chi connectivity index (χ2v) is 7.63. The van der Waals surface area contributed by atoms with Crippen LogP contribution in [0.3, 0.4) is 0 Å². The Bertz CT molecular complexity index is 1090. The number of benzene rings is 1. The number of nitrogens with zero attached hydrogens (tertiary/aromatic N) is 4. The van der Waals surface area contributed by atoms with Gasteiger partial charge in [0.05, 0.1) is 36.4 Å². The molecule has 2 N–H and O–H groups in total. The van der Waals surface area contributed by atoms with Gasteiger partial charge in [0.2, 0.25) is 5.91 Å². The smallest absolute Gasteiger partial charge is 0.255 e. The van der Waals surface area contributed by atoms with Gasteiger partial charge in [-0.1, -0.05) is 6.42 Å². The number of hydrogen-bond donors (Lipinski definition) is 2. The summed E-state index contributed by atoms with van der Waals surface area (Å²) in [5, 5.41) is 13.8. The molecular formula is C22H23FN6O3. The van der Waals surface area contributed by atoms with Gasteiger partial charge in [0, 0.05) is 18.9 Å². The molecule has 2 heterocycles. The van der Waals surface area contributed by atoms with Gasteiger partial charge in [0.1, 0.15) is 11.6 Å². The van der Waals surface area contributed by atoms with Crippen LogP contribution < -0.4 is 15.4 Å². The molecule has 2 aromatic heterocycles. The first-order valence-corrected chi connectivity index (χ1v) is 10.3. The van der Waals surface area contributed by atoms with Gasteiger partial charge in [-0.3, -0.25) is 9.59 Å². The third kappa shape index (κ3) is 5.08. The summed E-state index contributed by atoms with van der Waals surface area (Å²) in [7, 11) is 0. The molecule has 10 heteroatoms. The first-order chi connectivity index (χ1) is 15.5. The average molecular weight is 438 g/mol. The van der Waals surface area contributed by atoms with Crippen molar-refractivity contribution in [2.45, 2.75) is 32.2 Å². The lowest BCUT2D eigenvalue weighted by molar-refractivity contribution is -0.114. The lowest BCUT2D eigenvalue weighted by Crippen LogP contribution is -2.40. The van der Waals surface area contributed by atoms with Crippen molar-refractivity contribution < 1.29 is 18.7 Å². The van der Waals surface area contributed by atoms with E-state index in [2.05, 4.69) is 25.8 Å². The number of amides is 2. The number of carbonyl (C=O) groups is 2. The van der Waals surface area contributed by atoms with Crippen LogP contribution in [0.1, 0.15) is 36.5 Å². The molecule has 2 atom stereocenters. The maximum Gasteiger partial charge on any atom is 0.255 e. The summed E-state index contributed by atoms with van der Waals surface area (Å²) in [5.41, 5.74) is 0.652. The van der Waals surface area contributed by atoms with Gasteiger partial charge in [-0.15, -0.1) is 4.80 Å². The van der Waals surface area contributed by atoms with E-state index >= 15 is 0 Å². The van der Waals surface area contributed by atoms with E-state index in [-0.39, 0.29) is 41.0 Å². The zero-order valence-corrected chi connectivity index (χ0v) is 17.5. The van der Waals surface area contributed by atoms with E-state index in [1.54, 1.807) is 18.2 Å². The standard InChI is InChI=1S/C22H23FN6O3/c1-14(30)27-17-11-19(21(24-12-17)29-25-9-10-26-29)22(31)28-20-4-2-3-15(20)13-32-18-7-5-16(23)6-8-18/h5-12,15,20H,2-4,13H2,1H3,(H,27,30)(H,28,31)/t15-,20+/m1/s1. The summed E-state index contributed by atoms with van der Waals surface area (Å²) in [4.78, 5) is 30.2. The maximum absolute atomic E-state index is 13.2. The quantitative estimate of drug-likeness (QED) is 0.587. The van der Waals surface area contributed by atoms with Crippen LogP contribution in [0.25, 0.3) is 5.82 Å². The number of halogens is 1. The van der Waals surface area contributed by atoms with Gasteiger partial charge in [-0.25, -0.2) is 9.37 Å². The number of pyridine rings is 1. The van der Waals surface area contributed by atoms with Crippen molar-refractivity contribution in [3.8, 4) is 11.6 Å². The van der Waals surface area contributed by atoms with Crippen LogP contribution in [0.2, 0.25) is 0 Å². The summed E-state index contributed by atoms with van der Waals surface area (Å²) in [6.07, 6.45) is 7.11. The highest BCUT2D eigenvalue weighted by molar-refractivity contribution is 5.99. The van der Waals surface area contributed by atoms with Gasteiger partial charge >= 0.3 is 0 Å². The van der Waals surface area contributed by atoms with E-state index in [9.17, 15) is 14.0 Å². The van der Waals surface area contributed by atoms with E-state index in [1.165, 1.54) is 42.4 Å². The largest absolute Gasteiger partial charge is 0.493 e. The third-order valence-corrected chi connectivity index (χ3v) is 5.29. The molecule has 0 radical (unpaired) electrons. The zero-order valence-electron chi connectivity index (χ0n) is 17.5. The fourth-order valence-electron chi connectivity index (χ4n) is 3.79. The molecule has 1 aromatic carbocycles. The highest BCUT2D eigenvalue weighted by Crippen LogP contribution is 2.27. The minimum atomic E-state index is -0.337.